The fourth-order valence-corrected chi connectivity index (χ4v) is 4.11. The van der Waals surface area contributed by atoms with Gasteiger partial charge in [-0.05, 0) is 38.6 Å². The summed E-state index contributed by atoms with van der Waals surface area (Å²) in [5, 5.41) is 21.0. The van der Waals surface area contributed by atoms with Crippen LogP contribution in [-0.2, 0) is 0 Å². The lowest BCUT2D eigenvalue weighted by Gasteiger charge is -2.26. The Labute approximate surface area is 177 Å². The summed E-state index contributed by atoms with van der Waals surface area (Å²) in [5.74, 6) is 0.0263. The lowest BCUT2D eigenvalue weighted by Crippen LogP contribution is -2.32. The number of carbonyl (C=O) groups is 1. The second kappa shape index (κ2) is 9.32. The molecule has 0 radical (unpaired) electrons. The maximum Gasteiger partial charge on any atom is 0.193 e. The third kappa shape index (κ3) is 4.20. The molecule has 1 aliphatic heterocycles. The molecule has 1 heterocycles. The van der Waals surface area contributed by atoms with Gasteiger partial charge in [-0.25, -0.2) is 0 Å². The number of aryl methyl sites for hydroxylation is 1. The molecule has 2 N–H and O–H groups in total. The molecule has 0 saturated carbocycles. The molecule has 0 amide bonds. The van der Waals surface area contributed by atoms with Crippen LogP contribution in [0.2, 0.25) is 0 Å². The van der Waals surface area contributed by atoms with Gasteiger partial charge in [-0.3, -0.25) is 4.79 Å². The van der Waals surface area contributed by atoms with Crippen LogP contribution in [0.25, 0.3) is 6.08 Å². The summed E-state index contributed by atoms with van der Waals surface area (Å²) in [6.07, 6.45) is 3.89. The standard InChI is InChI=1S/C24H29NO5/c1-15-5-7-16(8-6-15)9-10-19(27)23-21(30-4)13-20(29-3)22(24(23)28)17-11-12-25(2)18(17)14-26/h5-10,13,17-18,26,28H,11-12,14H2,1-4H3/b10-9+. The number of methoxy groups -OCH3 is 2. The quantitative estimate of drug-likeness (QED) is 0.537. The molecule has 2 unspecified atom stereocenters. The van der Waals surface area contributed by atoms with E-state index in [-0.39, 0.29) is 41.4 Å². The minimum Gasteiger partial charge on any atom is -0.507 e. The number of phenols is 1. The van der Waals surface area contributed by atoms with Crippen LogP contribution in [-0.4, -0.2) is 61.4 Å². The molecule has 0 bridgehead atoms. The Balaban J connectivity index is 2.05. The van der Waals surface area contributed by atoms with Crippen molar-refractivity contribution >= 4 is 11.9 Å². The van der Waals surface area contributed by atoms with E-state index in [4.69, 9.17) is 9.47 Å². The Morgan fingerprint density at radius 1 is 1.20 bits per heavy atom. The number of likely N-dealkylation sites (N-methyl/N-ethyl adjacent to an activating group) is 1. The van der Waals surface area contributed by atoms with Gasteiger partial charge in [-0.15, -0.1) is 0 Å². The average Bonchev–Trinajstić information content (AvgIpc) is 3.12. The molecule has 2 aromatic carbocycles. The van der Waals surface area contributed by atoms with Gasteiger partial charge in [0.1, 0.15) is 22.8 Å². The zero-order valence-corrected chi connectivity index (χ0v) is 17.9. The van der Waals surface area contributed by atoms with Gasteiger partial charge < -0.3 is 24.6 Å². The SMILES string of the molecule is COc1cc(OC)c(C2CCN(C)C2CO)c(O)c1C(=O)/C=C/c1ccc(C)cc1. The number of nitrogens with zero attached hydrogens (tertiary/aromatic N) is 1. The highest BCUT2D eigenvalue weighted by Gasteiger charge is 2.37. The van der Waals surface area contributed by atoms with Crippen LogP contribution in [0.3, 0.4) is 0 Å². The molecule has 3 rings (SSSR count). The highest BCUT2D eigenvalue weighted by molar-refractivity contribution is 6.11. The van der Waals surface area contributed by atoms with E-state index in [9.17, 15) is 15.0 Å². The van der Waals surface area contributed by atoms with Crippen LogP contribution in [0.4, 0.5) is 0 Å². The summed E-state index contributed by atoms with van der Waals surface area (Å²) in [4.78, 5) is 15.1. The van der Waals surface area contributed by atoms with Gasteiger partial charge in [-0.1, -0.05) is 35.9 Å². The van der Waals surface area contributed by atoms with Gasteiger partial charge in [0.05, 0.1) is 20.8 Å². The van der Waals surface area contributed by atoms with Gasteiger partial charge >= 0.3 is 0 Å². The zero-order chi connectivity index (χ0) is 21.8. The van der Waals surface area contributed by atoms with E-state index in [0.717, 1.165) is 24.1 Å². The largest absolute Gasteiger partial charge is 0.507 e. The molecule has 0 aliphatic carbocycles. The molecule has 6 heteroatoms. The number of hydrogen-bond donors (Lipinski definition) is 2. The van der Waals surface area contributed by atoms with Crippen molar-refractivity contribution in [3.8, 4) is 17.2 Å². The molecule has 160 valence electrons. The number of benzene rings is 2. The molecule has 30 heavy (non-hydrogen) atoms. The average molecular weight is 411 g/mol. The molecule has 1 fully saturated rings. The van der Waals surface area contributed by atoms with Crippen LogP contribution < -0.4 is 9.47 Å². The molecule has 6 nitrogen and oxygen atoms in total. The Morgan fingerprint density at radius 3 is 2.47 bits per heavy atom. The number of ketones is 1. The molecular formula is C24H29NO5. The van der Waals surface area contributed by atoms with Crippen molar-refractivity contribution in [1.29, 1.82) is 0 Å². The van der Waals surface area contributed by atoms with Crippen LogP contribution in [0.15, 0.2) is 36.4 Å². The van der Waals surface area contributed by atoms with E-state index in [0.29, 0.717) is 11.3 Å². The smallest absolute Gasteiger partial charge is 0.193 e. The molecule has 1 saturated heterocycles. The van der Waals surface area contributed by atoms with E-state index in [2.05, 4.69) is 0 Å². The van der Waals surface area contributed by atoms with Crippen LogP contribution in [0, 0.1) is 6.92 Å². The van der Waals surface area contributed by atoms with E-state index >= 15 is 0 Å². The Bertz CT molecular complexity index is 936. The third-order valence-corrected chi connectivity index (χ3v) is 5.84. The highest BCUT2D eigenvalue weighted by atomic mass is 16.5. The van der Waals surface area contributed by atoms with Gasteiger partial charge in [-0.2, -0.15) is 0 Å². The maximum atomic E-state index is 13.0. The molecule has 0 spiro atoms. The van der Waals surface area contributed by atoms with Crippen molar-refractivity contribution in [2.75, 3.05) is 34.4 Å². The fraction of sp³-hybridized carbons (Fsp3) is 0.375. The van der Waals surface area contributed by atoms with Crippen molar-refractivity contribution in [2.24, 2.45) is 0 Å². The summed E-state index contributed by atoms with van der Waals surface area (Å²) < 4.78 is 10.9. The first-order valence-electron chi connectivity index (χ1n) is 9.99. The molecular weight excluding hydrogens is 382 g/mol. The van der Waals surface area contributed by atoms with Crippen molar-refractivity contribution in [3.05, 3.63) is 58.7 Å². The fourth-order valence-electron chi connectivity index (χ4n) is 4.11. The number of hydrogen-bond acceptors (Lipinski definition) is 6. The number of aromatic hydroxyl groups is 1. The maximum absolute atomic E-state index is 13.0. The van der Waals surface area contributed by atoms with E-state index < -0.39 is 0 Å². The molecule has 2 aromatic rings. The minimum atomic E-state index is -0.360. The molecule has 0 aromatic heterocycles. The second-order valence-corrected chi connectivity index (χ2v) is 7.65. The number of carbonyl (C=O) groups excluding carboxylic acids is 1. The Morgan fingerprint density at radius 2 is 1.87 bits per heavy atom. The Kier molecular flexibility index (Phi) is 6.80. The molecule has 1 aliphatic rings. The highest BCUT2D eigenvalue weighted by Crippen LogP contribution is 2.47. The van der Waals surface area contributed by atoms with Crippen LogP contribution in [0.5, 0.6) is 17.2 Å². The first kappa shape index (κ1) is 21.9. The minimum absolute atomic E-state index is 0.0492. The number of aliphatic hydroxyl groups excluding tert-OH is 1. The summed E-state index contributed by atoms with van der Waals surface area (Å²) in [6.45, 7) is 2.73. The number of allylic oxidation sites excluding steroid dienone is 1. The number of ether oxygens (including phenoxy) is 2. The monoisotopic (exact) mass is 411 g/mol. The van der Waals surface area contributed by atoms with Crippen molar-refractivity contribution in [3.63, 3.8) is 0 Å². The zero-order valence-electron chi connectivity index (χ0n) is 17.9. The van der Waals surface area contributed by atoms with Crippen molar-refractivity contribution < 1.29 is 24.5 Å². The van der Waals surface area contributed by atoms with E-state index in [1.54, 1.807) is 12.1 Å². The van der Waals surface area contributed by atoms with Gasteiger partial charge in [0.2, 0.25) is 0 Å². The number of aliphatic hydroxyl groups is 1. The normalized spacial score (nSPS) is 19.4. The second-order valence-electron chi connectivity index (χ2n) is 7.65. The molecule has 2 atom stereocenters. The number of rotatable bonds is 7. The lowest BCUT2D eigenvalue weighted by atomic mass is 9.87. The number of phenolic OH excluding ortho intramolecular Hbond substituents is 1. The van der Waals surface area contributed by atoms with Crippen LogP contribution >= 0.6 is 0 Å². The lowest BCUT2D eigenvalue weighted by molar-refractivity contribution is 0.104. The predicted octanol–water partition coefficient (Wildman–Crippen LogP) is 3.39. The van der Waals surface area contributed by atoms with Crippen molar-refractivity contribution in [2.45, 2.75) is 25.3 Å². The predicted molar refractivity (Wildman–Crippen MR) is 117 cm³/mol. The Hall–Kier alpha value is -2.83. The summed E-state index contributed by atoms with van der Waals surface area (Å²) in [5.41, 5.74) is 2.66. The van der Waals surface area contributed by atoms with Gasteiger partial charge in [0, 0.05) is 23.6 Å². The van der Waals surface area contributed by atoms with Crippen molar-refractivity contribution in [1.82, 2.24) is 4.90 Å². The van der Waals surface area contributed by atoms with E-state index in [1.165, 1.54) is 20.3 Å². The third-order valence-electron chi connectivity index (χ3n) is 5.84. The van der Waals surface area contributed by atoms with E-state index in [1.807, 2.05) is 43.1 Å². The topological polar surface area (TPSA) is 79.2 Å². The number of likely N-dealkylation sites (tertiary alicyclic amines) is 1. The summed E-state index contributed by atoms with van der Waals surface area (Å²) >= 11 is 0. The van der Waals surface area contributed by atoms with Crippen LogP contribution in [0.1, 0.15) is 39.4 Å². The van der Waals surface area contributed by atoms with Gasteiger partial charge in [0.15, 0.2) is 5.78 Å². The summed E-state index contributed by atoms with van der Waals surface area (Å²) in [7, 11) is 4.90. The summed E-state index contributed by atoms with van der Waals surface area (Å²) in [6, 6.07) is 9.27. The first-order valence-corrected chi connectivity index (χ1v) is 9.99. The first-order chi connectivity index (χ1) is 14.4. The van der Waals surface area contributed by atoms with Gasteiger partial charge in [0.25, 0.3) is 0 Å².